The molecule has 4 nitrogen and oxygen atoms in total. The molecule has 2 unspecified atom stereocenters. The second-order valence-electron chi connectivity index (χ2n) is 3.36. The van der Waals surface area contributed by atoms with Crippen LogP contribution in [0.5, 0.6) is 0 Å². The van der Waals surface area contributed by atoms with E-state index >= 15 is 0 Å². The molecule has 1 aliphatic heterocycles. The maximum absolute atomic E-state index is 11.1. The standard InChI is InChI=1S/C7H16N2O2S/c1-3-7-5-4-6(2)9(7)12(8,10)11/h6-7H,3-5H2,1-2H3,(H2,8,10,11). The first-order chi connectivity index (χ1) is 5.46. The van der Waals surface area contributed by atoms with E-state index in [0.717, 1.165) is 19.3 Å². The van der Waals surface area contributed by atoms with E-state index in [1.807, 2.05) is 13.8 Å². The molecule has 72 valence electrons. The Bertz CT molecular complexity index is 250. The molecule has 0 spiro atoms. The summed E-state index contributed by atoms with van der Waals surface area (Å²) in [5, 5.41) is 5.10. The Morgan fingerprint density at radius 2 is 2.08 bits per heavy atom. The van der Waals surface area contributed by atoms with Gasteiger partial charge in [-0.2, -0.15) is 12.7 Å². The van der Waals surface area contributed by atoms with Crippen molar-refractivity contribution in [3.63, 3.8) is 0 Å². The van der Waals surface area contributed by atoms with E-state index in [9.17, 15) is 8.42 Å². The summed E-state index contributed by atoms with van der Waals surface area (Å²) in [7, 11) is -3.48. The lowest BCUT2D eigenvalue weighted by atomic mass is 10.2. The van der Waals surface area contributed by atoms with Gasteiger partial charge in [0.2, 0.25) is 0 Å². The molecule has 0 aromatic carbocycles. The monoisotopic (exact) mass is 192 g/mol. The SMILES string of the molecule is CCC1CCC(C)N1S(N)(=O)=O. The average molecular weight is 192 g/mol. The summed E-state index contributed by atoms with van der Waals surface area (Å²) >= 11 is 0. The van der Waals surface area contributed by atoms with E-state index in [-0.39, 0.29) is 12.1 Å². The van der Waals surface area contributed by atoms with Crippen LogP contribution in [0.2, 0.25) is 0 Å². The molecule has 1 aliphatic rings. The van der Waals surface area contributed by atoms with E-state index in [2.05, 4.69) is 0 Å². The van der Waals surface area contributed by atoms with Crippen molar-refractivity contribution >= 4 is 10.2 Å². The smallest absolute Gasteiger partial charge is 0.216 e. The number of hydrogen-bond donors (Lipinski definition) is 1. The molecule has 1 rings (SSSR count). The lowest BCUT2D eigenvalue weighted by Crippen LogP contribution is -2.43. The van der Waals surface area contributed by atoms with Crippen LogP contribution in [-0.4, -0.2) is 24.8 Å². The third-order valence-corrected chi connectivity index (χ3v) is 3.72. The van der Waals surface area contributed by atoms with Gasteiger partial charge in [0.25, 0.3) is 10.2 Å². The van der Waals surface area contributed by atoms with Crippen molar-refractivity contribution < 1.29 is 8.42 Å². The van der Waals surface area contributed by atoms with Crippen LogP contribution in [0.3, 0.4) is 0 Å². The minimum absolute atomic E-state index is 0.0740. The molecule has 0 amide bonds. The van der Waals surface area contributed by atoms with Crippen LogP contribution in [-0.2, 0) is 10.2 Å². The normalized spacial score (nSPS) is 32.6. The number of nitrogens with zero attached hydrogens (tertiary/aromatic N) is 1. The molecule has 0 saturated carbocycles. The second kappa shape index (κ2) is 3.32. The van der Waals surface area contributed by atoms with Crippen molar-refractivity contribution in [3.05, 3.63) is 0 Å². The van der Waals surface area contributed by atoms with E-state index in [1.165, 1.54) is 4.31 Å². The maximum atomic E-state index is 11.1. The number of rotatable bonds is 2. The molecule has 2 atom stereocenters. The molecule has 12 heavy (non-hydrogen) atoms. The molecule has 0 aromatic rings. The third-order valence-electron chi connectivity index (χ3n) is 2.48. The predicted molar refractivity (Wildman–Crippen MR) is 47.7 cm³/mol. The van der Waals surface area contributed by atoms with Crippen LogP contribution >= 0.6 is 0 Å². The zero-order valence-electron chi connectivity index (χ0n) is 7.53. The van der Waals surface area contributed by atoms with Crippen LogP contribution < -0.4 is 5.14 Å². The van der Waals surface area contributed by atoms with Gasteiger partial charge < -0.3 is 0 Å². The van der Waals surface area contributed by atoms with Crippen molar-refractivity contribution in [1.82, 2.24) is 4.31 Å². The first kappa shape index (κ1) is 9.95. The summed E-state index contributed by atoms with van der Waals surface area (Å²) in [6, 6.07) is 0.194. The summed E-state index contributed by atoms with van der Waals surface area (Å²) in [4.78, 5) is 0. The predicted octanol–water partition coefficient (Wildman–Crippen LogP) is 0.453. The molecular formula is C7H16N2O2S. The minimum atomic E-state index is -3.48. The highest BCUT2D eigenvalue weighted by atomic mass is 32.2. The fourth-order valence-corrected chi connectivity index (χ4v) is 3.17. The fraction of sp³-hybridized carbons (Fsp3) is 1.00. The van der Waals surface area contributed by atoms with Gasteiger partial charge in [-0.25, -0.2) is 5.14 Å². The molecule has 1 heterocycles. The summed E-state index contributed by atoms with van der Waals surface area (Å²) < 4.78 is 23.7. The topological polar surface area (TPSA) is 63.4 Å². The van der Waals surface area contributed by atoms with Gasteiger partial charge in [-0.05, 0) is 26.2 Å². The van der Waals surface area contributed by atoms with E-state index in [4.69, 9.17) is 5.14 Å². The van der Waals surface area contributed by atoms with Crippen LogP contribution in [0.4, 0.5) is 0 Å². The largest absolute Gasteiger partial charge is 0.277 e. The molecule has 0 radical (unpaired) electrons. The highest BCUT2D eigenvalue weighted by Gasteiger charge is 2.36. The number of nitrogens with two attached hydrogens (primary N) is 1. The lowest BCUT2D eigenvalue weighted by Gasteiger charge is -2.24. The second-order valence-corrected chi connectivity index (χ2v) is 4.81. The fourth-order valence-electron chi connectivity index (χ4n) is 1.89. The van der Waals surface area contributed by atoms with Crippen molar-refractivity contribution in [2.45, 2.75) is 45.2 Å². The Balaban J connectivity index is 2.85. The molecule has 1 saturated heterocycles. The highest BCUT2D eigenvalue weighted by Crippen LogP contribution is 2.27. The summed E-state index contributed by atoms with van der Waals surface area (Å²) in [6.45, 7) is 3.89. The van der Waals surface area contributed by atoms with Gasteiger partial charge in [-0.15, -0.1) is 0 Å². The van der Waals surface area contributed by atoms with E-state index in [1.54, 1.807) is 0 Å². The van der Waals surface area contributed by atoms with Crippen LogP contribution in [0.1, 0.15) is 33.1 Å². The molecule has 1 fully saturated rings. The third kappa shape index (κ3) is 1.78. The zero-order valence-corrected chi connectivity index (χ0v) is 8.34. The Kier molecular flexibility index (Phi) is 2.75. The van der Waals surface area contributed by atoms with Gasteiger partial charge in [0.1, 0.15) is 0 Å². The van der Waals surface area contributed by atoms with Gasteiger partial charge in [0.05, 0.1) is 0 Å². The quantitative estimate of drug-likeness (QED) is 0.690. The Labute approximate surface area is 73.9 Å². The van der Waals surface area contributed by atoms with Gasteiger partial charge in [-0.1, -0.05) is 6.92 Å². The van der Waals surface area contributed by atoms with Crippen molar-refractivity contribution in [1.29, 1.82) is 0 Å². The Morgan fingerprint density at radius 1 is 1.50 bits per heavy atom. The van der Waals surface area contributed by atoms with Gasteiger partial charge in [-0.3, -0.25) is 0 Å². The first-order valence-electron chi connectivity index (χ1n) is 4.28. The van der Waals surface area contributed by atoms with Crippen LogP contribution in [0.25, 0.3) is 0 Å². The van der Waals surface area contributed by atoms with Crippen molar-refractivity contribution in [3.8, 4) is 0 Å². The maximum Gasteiger partial charge on any atom is 0.277 e. The van der Waals surface area contributed by atoms with Crippen molar-refractivity contribution in [2.24, 2.45) is 5.14 Å². The van der Waals surface area contributed by atoms with Crippen molar-refractivity contribution in [2.75, 3.05) is 0 Å². The Morgan fingerprint density at radius 3 is 2.42 bits per heavy atom. The van der Waals surface area contributed by atoms with E-state index < -0.39 is 10.2 Å². The Hall–Kier alpha value is -0.130. The average Bonchev–Trinajstić information content (AvgIpc) is 2.29. The number of hydrogen-bond acceptors (Lipinski definition) is 2. The summed E-state index contributed by atoms with van der Waals surface area (Å²) in [5.41, 5.74) is 0. The van der Waals surface area contributed by atoms with Gasteiger partial charge in [0, 0.05) is 12.1 Å². The van der Waals surface area contributed by atoms with Gasteiger partial charge in [0.15, 0.2) is 0 Å². The summed E-state index contributed by atoms with van der Waals surface area (Å²) in [6.07, 6.45) is 2.71. The molecule has 2 N–H and O–H groups in total. The molecular weight excluding hydrogens is 176 g/mol. The minimum Gasteiger partial charge on any atom is -0.216 e. The van der Waals surface area contributed by atoms with E-state index in [0.29, 0.717) is 0 Å². The molecule has 5 heteroatoms. The molecule has 0 aromatic heterocycles. The van der Waals surface area contributed by atoms with Crippen LogP contribution in [0, 0.1) is 0 Å². The summed E-state index contributed by atoms with van der Waals surface area (Å²) in [5.74, 6) is 0. The lowest BCUT2D eigenvalue weighted by molar-refractivity contribution is 0.329. The first-order valence-corrected chi connectivity index (χ1v) is 5.78. The zero-order chi connectivity index (χ0) is 9.35. The van der Waals surface area contributed by atoms with Gasteiger partial charge >= 0.3 is 0 Å². The van der Waals surface area contributed by atoms with Crippen LogP contribution in [0.15, 0.2) is 0 Å². The molecule has 0 aliphatic carbocycles. The highest BCUT2D eigenvalue weighted by molar-refractivity contribution is 7.86. The molecule has 0 bridgehead atoms.